The fourth-order valence-electron chi connectivity index (χ4n) is 2.69. The molecule has 1 saturated carbocycles. The van der Waals surface area contributed by atoms with E-state index >= 15 is 0 Å². The Bertz CT molecular complexity index is 605. The minimum atomic E-state index is -3.71. The van der Waals surface area contributed by atoms with Crippen molar-refractivity contribution in [1.82, 2.24) is 0 Å². The van der Waals surface area contributed by atoms with E-state index in [1.165, 1.54) is 30.7 Å². The number of primary sulfonamides is 1. The van der Waals surface area contributed by atoms with Gasteiger partial charge in [-0.05, 0) is 37.1 Å². The molecule has 6 nitrogen and oxygen atoms in total. The van der Waals surface area contributed by atoms with Gasteiger partial charge in [0.25, 0.3) is 0 Å². The van der Waals surface area contributed by atoms with Crippen molar-refractivity contribution in [2.75, 3.05) is 5.32 Å². The SMILES string of the molecule is NC1(CC(=O)Nc2ccc(S(N)(=O)=O)cc2)CCCCC1. The summed E-state index contributed by atoms with van der Waals surface area (Å²) in [6, 6.07) is 5.76. The van der Waals surface area contributed by atoms with E-state index in [4.69, 9.17) is 10.9 Å². The molecular weight excluding hydrogens is 290 g/mol. The second-order valence-electron chi connectivity index (χ2n) is 5.72. The monoisotopic (exact) mass is 311 g/mol. The number of rotatable bonds is 4. The van der Waals surface area contributed by atoms with Gasteiger partial charge in [0.2, 0.25) is 15.9 Å². The Morgan fingerprint density at radius 1 is 1.14 bits per heavy atom. The number of amides is 1. The summed E-state index contributed by atoms with van der Waals surface area (Å²) in [5.74, 6) is -0.150. The third-order valence-corrected chi connectivity index (χ3v) is 4.76. The molecule has 1 aromatic carbocycles. The van der Waals surface area contributed by atoms with Gasteiger partial charge in [0.1, 0.15) is 0 Å². The highest BCUT2D eigenvalue weighted by atomic mass is 32.2. The lowest BCUT2D eigenvalue weighted by Crippen LogP contribution is -2.44. The lowest BCUT2D eigenvalue weighted by molar-refractivity contribution is -0.117. The van der Waals surface area contributed by atoms with Crippen molar-refractivity contribution in [1.29, 1.82) is 0 Å². The van der Waals surface area contributed by atoms with Gasteiger partial charge in [-0.25, -0.2) is 13.6 Å². The molecule has 1 fully saturated rings. The molecule has 1 aromatic rings. The summed E-state index contributed by atoms with van der Waals surface area (Å²) in [5, 5.41) is 7.76. The molecule has 7 heteroatoms. The van der Waals surface area contributed by atoms with Gasteiger partial charge < -0.3 is 11.1 Å². The number of carbonyl (C=O) groups is 1. The molecule has 0 bridgehead atoms. The number of hydrogen-bond acceptors (Lipinski definition) is 4. The van der Waals surface area contributed by atoms with E-state index in [9.17, 15) is 13.2 Å². The Morgan fingerprint density at radius 2 is 1.71 bits per heavy atom. The molecule has 0 atom stereocenters. The fourth-order valence-corrected chi connectivity index (χ4v) is 3.20. The molecule has 0 saturated heterocycles. The molecule has 2 rings (SSSR count). The first-order valence-electron chi connectivity index (χ1n) is 7.00. The summed E-state index contributed by atoms with van der Waals surface area (Å²) in [6.07, 6.45) is 5.31. The Morgan fingerprint density at radius 3 is 2.24 bits per heavy atom. The highest BCUT2D eigenvalue weighted by Gasteiger charge is 2.29. The number of hydrogen-bond donors (Lipinski definition) is 3. The van der Waals surface area contributed by atoms with Crippen molar-refractivity contribution in [3.8, 4) is 0 Å². The van der Waals surface area contributed by atoms with Crippen LogP contribution in [0.15, 0.2) is 29.2 Å². The van der Waals surface area contributed by atoms with Crippen LogP contribution in [0.5, 0.6) is 0 Å². The first-order valence-corrected chi connectivity index (χ1v) is 8.55. The van der Waals surface area contributed by atoms with Crippen LogP contribution in [-0.2, 0) is 14.8 Å². The van der Waals surface area contributed by atoms with Gasteiger partial charge in [-0.2, -0.15) is 0 Å². The first-order chi connectivity index (χ1) is 9.78. The molecule has 0 aliphatic heterocycles. The van der Waals surface area contributed by atoms with E-state index in [0.29, 0.717) is 5.69 Å². The number of benzene rings is 1. The van der Waals surface area contributed by atoms with Gasteiger partial charge >= 0.3 is 0 Å². The maximum Gasteiger partial charge on any atom is 0.238 e. The van der Waals surface area contributed by atoms with Crippen molar-refractivity contribution < 1.29 is 13.2 Å². The van der Waals surface area contributed by atoms with Crippen molar-refractivity contribution in [2.24, 2.45) is 10.9 Å². The van der Waals surface area contributed by atoms with E-state index < -0.39 is 15.6 Å². The molecule has 0 spiro atoms. The van der Waals surface area contributed by atoms with E-state index in [0.717, 1.165) is 25.7 Å². The fraction of sp³-hybridized carbons (Fsp3) is 0.500. The second kappa shape index (κ2) is 6.13. The highest BCUT2D eigenvalue weighted by Crippen LogP contribution is 2.29. The molecule has 1 aliphatic carbocycles. The van der Waals surface area contributed by atoms with Crippen LogP contribution >= 0.6 is 0 Å². The molecule has 0 unspecified atom stereocenters. The molecule has 1 aliphatic rings. The average Bonchev–Trinajstić information content (AvgIpc) is 2.38. The summed E-state index contributed by atoms with van der Waals surface area (Å²) >= 11 is 0. The van der Waals surface area contributed by atoms with Crippen LogP contribution in [0.25, 0.3) is 0 Å². The van der Waals surface area contributed by atoms with Crippen LogP contribution in [0.3, 0.4) is 0 Å². The van der Waals surface area contributed by atoms with Crippen LogP contribution < -0.4 is 16.2 Å². The Kier molecular flexibility index (Phi) is 4.65. The number of sulfonamides is 1. The minimum absolute atomic E-state index is 0.0167. The van der Waals surface area contributed by atoms with Gasteiger partial charge in [-0.1, -0.05) is 19.3 Å². The Hall–Kier alpha value is -1.44. The van der Waals surface area contributed by atoms with Crippen LogP contribution in [0, 0.1) is 0 Å². The van der Waals surface area contributed by atoms with Crippen molar-refractivity contribution in [3.05, 3.63) is 24.3 Å². The highest BCUT2D eigenvalue weighted by molar-refractivity contribution is 7.89. The number of anilines is 1. The summed E-state index contributed by atoms with van der Waals surface area (Å²) in [5.41, 5.74) is 6.36. The lowest BCUT2D eigenvalue weighted by Gasteiger charge is -2.32. The predicted octanol–water partition coefficient (Wildman–Crippen LogP) is 1.32. The van der Waals surface area contributed by atoms with Crippen LogP contribution in [0.4, 0.5) is 5.69 Å². The second-order valence-corrected chi connectivity index (χ2v) is 7.28. The van der Waals surface area contributed by atoms with Gasteiger partial charge in [-0.3, -0.25) is 4.79 Å². The largest absolute Gasteiger partial charge is 0.326 e. The zero-order valence-electron chi connectivity index (χ0n) is 11.8. The van der Waals surface area contributed by atoms with Crippen LogP contribution in [-0.4, -0.2) is 19.9 Å². The first kappa shape index (κ1) is 15.9. The lowest BCUT2D eigenvalue weighted by atomic mass is 9.80. The molecule has 0 radical (unpaired) electrons. The molecule has 5 N–H and O–H groups in total. The normalized spacial score (nSPS) is 18.2. The van der Waals surface area contributed by atoms with Crippen LogP contribution in [0.1, 0.15) is 38.5 Å². The number of nitrogens with two attached hydrogens (primary N) is 2. The molecule has 0 aromatic heterocycles. The third kappa shape index (κ3) is 4.52. The maximum atomic E-state index is 12.0. The standard InChI is InChI=1S/C14H21N3O3S/c15-14(8-2-1-3-9-14)10-13(18)17-11-4-6-12(7-5-11)21(16,19)20/h4-7H,1-3,8-10,15H2,(H,17,18)(H2,16,19,20). The van der Waals surface area contributed by atoms with Crippen molar-refractivity contribution in [2.45, 2.75) is 49.0 Å². The molecule has 21 heavy (non-hydrogen) atoms. The quantitative estimate of drug-likeness (QED) is 0.777. The average molecular weight is 311 g/mol. The van der Waals surface area contributed by atoms with Gasteiger partial charge in [-0.15, -0.1) is 0 Å². The van der Waals surface area contributed by atoms with E-state index in [1.807, 2.05) is 0 Å². The Balaban J connectivity index is 1.96. The minimum Gasteiger partial charge on any atom is -0.326 e. The van der Waals surface area contributed by atoms with Crippen LogP contribution in [0.2, 0.25) is 0 Å². The van der Waals surface area contributed by atoms with Gasteiger partial charge in [0.15, 0.2) is 0 Å². The molecule has 116 valence electrons. The summed E-state index contributed by atoms with van der Waals surface area (Å²) in [6.45, 7) is 0. The van der Waals surface area contributed by atoms with E-state index in [2.05, 4.69) is 5.32 Å². The summed E-state index contributed by atoms with van der Waals surface area (Å²) in [4.78, 5) is 12.1. The zero-order chi connectivity index (χ0) is 15.5. The number of nitrogens with one attached hydrogen (secondary N) is 1. The topological polar surface area (TPSA) is 115 Å². The summed E-state index contributed by atoms with van der Waals surface area (Å²) < 4.78 is 22.3. The molecular formula is C14H21N3O3S. The predicted molar refractivity (Wildman–Crippen MR) is 81.1 cm³/mol. The number of carbonyl (C=O) groups excluding carboxylic acids is 1. The van der Waals surface area contributed by atoms with E-state index in [-0.39, 0.29) is 17.2 Å². The van der Waals surface area contributed by atoms with Crippen molar-refractivity contribution in [3.63, 3.8) is 0 Å². The summed E-state index contributed by atoms with van der Waals surface area (Å²) in [7, 11) is -3.71. The maximum absolute atomic E-state index is 12.0. The van der Waals surface area contributed by atoms with Gasteiger partial charge in [0.05, 0.1) is 4.90 Å². The smallest absolute Gasteiger partial charge is 0.238 e. The zero-order valence-corrected chi connectivity index (χ0v) is 12.7. The third-order valence-electron chi connectivity index (χ3n) is 3.83. The van der Waals surface area contributed by atoms with E-state index in [1.54, 1.807) is 0 Å². The molecule has 0 heterocycles. The van der Waals surface area contributed by atoms with Gasteiger partial charge in [0, 0.05) is 17.6 Å². The van der Waals surface area contributed by atoms with Crippen molar-refractivity contribution >= 4 is 21.6 Å². The molecule has 1 amide bonds. The Labute approximate surface area is 124 Å².